The molecule has 0 saturated heterocycles. The molecule has 1 fully saturated rings. The molecule has 1 rings (SSSR count). The summed E-state index contributed by atoms with van der Waals surface area (Å²) in [6, 6.07) is 0. The number of halogens is 1. The Kier molecular flexibility index (Phi) is 1.26. The fourth-order valence-corrected chi connectivity index (χ4v) is 1.27. The quantitative estimate of drug-likeness (QED) is 0.508. The normalized spacial score (nSPS) is 49.3. The van der Waals surface area contributed by atoms with E-state index in [0.29, 0.717) is 17.2 Å². The van der Waals surface area contributed by atoms with E-state index < -0.39 is 0 Å². The molecule has 1 nitrogen and oxygen atoms in total. The van der Waals surface area contributed by atoms with Crippen molar-refractivity contribution in [2.45, 2.75) is 12.3 Å². The van der Waals surface area contributed by atoms with E-state index in [1.54, 1.807) is 0 Å². The van der Waals surface area contributed by atoms with Gasteiger partial charge in [-0.05, 0) is 18.4 Å². The van der Waals surface area contributed by atoms with E-state index in [-0.39, 0.29) is 0 Å². The number of hydrogen-bond acceptors (Lipinski definition) is 1. The summed E-state index contributed by atoms with van der Waals surface area (Å²) in [5.41, 5.74) is 5.33. The van der Waals surface area contributed by atoms with Gasteiger partial charge in [-0.1, -0.05) is 6.92 Å². The summed E-state index contributed by atoms with van der Waals surface area (Å²) in [7, 11) is 0. The van der Waals surface area contributed by atoms with Crippen LogP contribution in [0.4, 0.5) is 0 Å². The van der Waals surface area contributed by atoms with E-state index in [4.69, 9.17) is 17.3 Å². The van der Waals surface area contributed by atoms with E-state index in [2.05, 4.69) is 6.92 Å². The van der Waals surface area contributed by atoms with Gasteiger partial charge in [-0.15, -0.1) is 11.6 Å². The minimum absolute atomic E-state index is 0.380. The molecule has 0 bridgehead atoms. The zero-order chi connectivity index (χ0) is 5.44. The molecule has 42 valence electrons. The topological polar surface area (TPSA) is 26.0 Å². The van der Waals surface area contributed by atoms with Crippen LogP contribution in [0.2, 0.25) is 0 Å². The zero-order valence-electron chi connectivity index (χ0n) is 4.39. The molecule has 7 heavy (non-hydrogen) atoms. The Balaban J connectivity index is 2.24. The highest BCUT2D eigenvalue weighted by Gasteiger charge is 2.43. The van der Waals surface area contributed by atoms with Crippen molar-refractivity contribution in [3.63, 3.8) is 0 Å². The second-order valence-electron chi connectivity index (χ2n) is 2.20. The van der Waals surface area contributed by atoms with Crippen LogP contribution in [0, 0.1) is 11.8 Å². The fourth-order valence-electron chi connectivity index (χ4n) is 0.837. The first-order valence-corrected chi connectivity index (χ1v) is 3.05. The Morgan fingerprint density at radius 1 is 1.71 bits per heavy atom. The third kappa shape index (κ3) is 0.752. The summed E-state index contributed by atoms with van der Waals surface area (Å²) in [4.78, 5) is 0. The van der Waals surface area contributed by atoms with Crippen molar-refractivity contribution in [2.75, 3.05) is 6.54 Å². The van der Waals surface area contributed by atoms with Gasteiger partial charge >= 0.3 is 0 Å². The lowest BCUT2D eigenvalue weighted by Gasteiger charge is -1.80. The average Bonchev–Trinajstić information content (AvgIpc) is 2.17. The molecule has 0 aromatic carbocycles. The van der Waals surface area contributed by atoms with Crippen molar-refractivity contribution < 1.29 is 0 Å². The van der Waals surface area contributed by atoms with Crippen LogP contribution in [0.25, 0.3) is 0 Å². The molecule has 1 saturated carbocycles. The second kappa shape index (κ2) is 1.64. The Morgan fingerprint density at radius 2 is 2.14 bits per heavy atom. The first-order valence-electron chi connectivity index (χ1n) is 2.61. The van der Waals surface area contributed by atoms with E-state index >= 15 is 0 Å². The Morgan fingerprint density at radius 3 is 2.14 bits per heavy atom. The predicted molar refractivity (Wildman–Crippen MR) is 31.3 cm³/mol. The largest absolute Gasteiger partial charge is 0.330 e. The van der Waals surface area contributed by atoms with Gasteiger partial charge in [0, 0.05) is 5.38 Å². The molecule has 1 aliphatic rings. The average molecular weight is 120 g/mol. The van der Waals surface area contributed by atoms with Crippen LogP contribution in [0.3, 0.4) is 0 Å². The number of nitrogens with two attached hydrogens (primary N) is 1. The Bertz CT molecular complexity index is 66.5. The third-order valence-corrected chi connectivity index (χ3v) is 2.44. The summed E-state index contributed by atoms with van der Waals surface area (Å²) >= 11 is 5.72. The SMILES string of the molecule is C[C@@H]1[C@H](Cl)[C@@H]1CN. The van der Waals surface area contributed by atoms with Crippen LogP contribution < -0.4 is 5.73 Å². The van der Waals surface area contributed by atoms with Gasteiger partial charge < -0.3 is 5.73 Å². The van der Waals surface area contributed by atoms with Gasteiger partial charge in [0.05, 0.1) is 0 Å². The van der Waals surface area contributed by atoms with Crippen molar-refractivity contribution in [3.05, 3.63) is 0 Å². The van der Waals surface area contributed by atoms with E-state index in [9.17, 15) is 0 Å². The lowest BCUT2D eigenvalue weighted by Crippen LogP contribution is -2.02. The molecule has 0 radical (unpaired) electrons. The second-order valence-corrected chi connectivity index (χ2v) is 2.71. The number of rotatable bonds is 1. The summed E-state index contributed by atoms with van der Waals surface area (Å²) in [5.74, 6) is 1.29. The highest BCUT2D eigenvalue weighted by atomic mass is 35.5. The number of hydrogen-bond donors (Lipinski definition) is 1. The van der Waals surface area contributed by atoms with Crippen LogP contribution in [-0.4, -0.2) is 11.9 Å². The molecule has 0 unspecified atom stereocenters. The van der Waals surface area contributed by atoms with Gasteiger partial charge in [-0.25, -0.2) is 0 Å². The molecule has 2 N–H and O–H groups in total. The smallest absolute Gasteiger partial charge is 0.0408 e. The van der Waals surface area contributed by atoms with Gasteiger partial charge in [0.15, 0.2) is 0 Å². The van der Waals surface area contributed by atoms with Crippen LogP contribution >= 0.6 is 11.6 Å². The Labute approximate surface area is 48.8 Å². The van der Waals surface area contributed by atoms with Crippen LogP contribution in [0.15, 0.2) is 0 Å². The van der Waals surface area contributed by atoms with Gasteiger partial charge in [-0.3, -0.25) is 0 Å². The molecule has 2 heteroatoms. The highest BCUT2D eigenvalue weighted by Crippen LogP contribution is 2.42. The maximum Gasteiger partial charge on any atom is 0.0408 e. The number of alkyl halides is 1. The van der Waals surface area contributed by atoms with E-state index in [1.165, 1.54) is 0 Å². The van der Waals surface area contributed by atoms with Crippen LogP contribution in [0.1, 0.15) is 6.92 Å². The molecule has 0 aliphatic heterocycles. The zero-order valence-corrected chi connectivity index (χ0v) is 5.15. The first kappa shape index (κ1) is 5.39. The van der Waals surface area contributed by atoms with Crippen molar-refractivity contribution in [1.82, 2.24) is 0 Å². The first-order chi connectivity index (χ1) is 3.27. The van der Waals surface area contributed by atoms with Gasteiger partial charge in [-0.2, -0.15) is 0 Å². The predicted octanol–water partition coefficient (Wildman–Crippen LogP) is 0.818. The fraction of sp³-hybridized carbons (Fsp3) is 1.00. The molecule has 0 heterocycles. The third-order valence-electron chi connectivity index (χ3n) is 1.72. The van der Waals surface area contributed by atoms with Gasteiger partial charge in [0.1, 0.15) is 0 Å². The molecule has 0 spiro atoms. The van der Waals surface area contributed by atoms with Gasteiger partial charge in [0.2, 0.25) is 0 Å². The Hall–Kier alpha value is 0.250. The summed E-state index contributed by atoms with van der Waals surface area (Å²) in [5, 5.41) is 0.380. The van der Waals surface area contributed by atoms with Crippen molar-refractivity contribution in [2.24, 2.45) is 17.6 Å². The molecule has 0 amide bonds. The highest BCUT2D eigenvalue weighted by molar-refractivity contribution is 6.22. The maximum atomic E-state index is 5.72. The van der Waals surface area contributed by atoms with Crippen LogP contribution in [-0.2, 0) is 0 Å². The minimum Gasteiger partial charge on any atom is -0.330 e. The maximum absolute atomic E-state index is 5.72. The van der Waals surface area contributed by atoms with Crippen molar-refractivity contribution in [1.29, 1.82) is 0 Å². The molecular weight excluding hydrogens is 110 g/mol. The van der Waals surface area contributed by atoms with Crippen molar-refractivity contribution >= 4 is 11.6 Å². The monoisotopic (exact) mass is 119 g/mol. The van der Waals surface area contributed by atoms with Crippen LogP contribution in [0.5, 0.6) is 0 Å². The van der Waals surface area contributed by atoms with Crippen molar-refractivity contribution in [3.8, 4) is 0 Å². The molecule has 1 aliphatic carbocycles. The lowest BCUT2D eigenvalue weighted by atomic mass is 10.3. The van der Waals surface area contributed by atoms with E-state index in [0.717, 1.165) is 6.54 Å². The molecule has 0 aromatic rings. The summed E-state index contributed by atoms with van der Waals surface area (Å²) in [6.45, 7) is 2.89. The molecule has 0 aromatic heterocycles. The molecular formula is C5H10ClN. The summed E-state index contributed by atoms with van der Waals surface area (Å²) < 4.78 is 0. The summed E-state index contributed by atoms with van der Waals surface area (Å²) in [6.07, 6.45) is 0. The lowest BCUT2D eigenvalue weighted by molar-refractivity contribution is 0.761. The minimum atomic E-state index is 0.380. The van der Waals surface area contributed by atoms with Gasteiger partial charge in [0.25, 0.3) is 0 Å². The molecule has 3 atom stereocenters. The standard InChI is InChI=1S/C5H10ClN/c1-3-4(2-7)5(3)6/h3-5H,2,7H2,1H3/t3-,4+,5-/m0/s1. The van der Waals surface area contributed by atoms with E-state index in [1.807, 2.05) is 0 Å².